The van der Waals surface area contributed by atoms with Crippen LogP contribution in [0.25, 0.3) is 0 Å². The fourth-order valence-electron chi connectivity index (χ4n) is 4.33. The number of carboxylic acid groups (broad SMARTS) is 1. The zero-order chi connectivity index (χ0) is 29.8. The average molecular weight is 621 g/mol. The molecule has 0 radical (unpaired) electrons. The van der Waals surface area contributed by atoms with Gasteiger partial charge in [0.15, 0.2) is 12.4 Å². The van der Waals surface area contributed by atoms with Crippen LogP contribution in [0.1, 0.15) is 42.5 Å². The number of halogens is 2. The number of carbonyl (C=O) groups excluding carboxylic acids is 5. The van der Waals surface area contributed by atoms with E-state index in [1.54, 1.807) is 0 Å². The van der Waals surface area contributed by atoms with E-state index in [4.69, 9.17) is 27.9 Å². The summed E-state index contributed by atoms with van der Waals surface area (Å²) in [5.41, 5.74) is -0.207. The second-order valence-electron chi connectivity index (χ2n) is 9.14. The first kappa shape index (κ1) is 31.3. The topological polar surface area (TPSA) is 197 Å². The summed E-state index contributed by atoms with van der Waals surface area (Å²) in [7, 11) is -3.84. The van der Waals surface area contributed by atoms with Gasteiger partial charge in [0.25, 0.3) is 5.91 Å². The van der Waals surface area contributed by atoms with Crippen LogP contribution in [-0.4, -0.2) is 96.5 Å². The second kappa shape index (κ2) is 12.9. The van der Waals surface area contributed by atoms with E-state index in [2.05, 4.69) is 10.0 Å². The molecule has 3 rings (SSSR count). The Hall–Kier alpha value is -3.27. The minimum Gasteiger partial charge on any atom is -0.481 e. The number of ketones is 1. The van der Waals surface area contributed by atoms with E-state index < -0.39 is 76.6 Å². The summed E-state index contributed by atoms with van der Waals surface area (Å²) in [5.74, 6) is -5.79. The lowest BCUT2D eigenvalue weighted by molar-refractivity contribution is -0.176. The summed E-state index contributed by atoms with van der Waals surface area (Å²) >= 11 is 11.9. The fourth-order valence-corrected chi connectivity index (χ4v) is 5.62. The summed E-state index contributed by atoms with van der Waals surface area (Å²) in [6.07, 6.45) is 0.0144. The molecule has 2 aliphatic heterocycles. The average Bonchev–Trinajstić information content (AvgIpc) is 2.97. The van der Waals surface area contributed by atoms with Crippen molar-refractivity contribution >= 4 is 68.7 Å². The monoisotopic (exact) mass is 620 g/mol. The van der Waals surface area contributed by atoms with Crippen LogP contribution < -0.4 is 10.0 Å². The smallest absolute Gasteiger partial charge is 0.341 e. The number of amides is 3. The third-order valence-electron chi connectivity index (χ3n) is 6.12. The van der Waals surface area contributed by atoms with E-state index in [0.29, 0.717) is 6.42 Å². The lowest BCUT2D eigenvalue weighted by atomic mass is 10.0. The summed E-state index contributed by atoms with van der Waals surface area (Å²) in [5, 5.41) is 13.4. The van der Waals surface area contributed by atoms with E-state index in [0.717, 1.165) is 16.3 Å². The van der Waals surface area contributed by atoms with Crippen LogP contribution in [0.2, 0.25) is 10.0 Å². The van der Waals surface area contributed by atoms with E-state index >= 15 is 0 Å². The standard InChI is InChI=1S/C23H26Cl2N4O10S/c1-40(37,38)27-14-7-8-18(31)28-9-3-6-16(29(28)22(14)35)21(34)26-15(10-19(32)33)17(30)11-39-23(36)20-12(24)4-2-5-13(20)25/h2,4-5,14-16,27H,3,6-11H2,1H3,(H,26,34)(H,32,33). The predicted molar refractivity (Wildman–Crippen MR) is 139 cm³/mol. The van der Waals surface area contributed by atoms with E-state index in [1.807, 2.05) is 0 Å². The van der Waals surface area contributed by atoms with Crippen LogP contribution in [0.15, 0.2) is 18.2 Å². The third kappa shape index (κ3) is 7.68. The number of nitrogens with zero attached hydrogens (tertiary/aromatic N) is 2. The Morgan fingerprint density at radius 2 is 1.80 bits per heavy atom. The highest BCUT2D eigenvalue weighted by atomic mass is 35.5. The molecule has 2 aliphatic rings. The molecule has 0 aliphatic carbocycles. The number of hydrogen-bond donors (Lipinski definition) is 3. The Morgan fingerprint density at radius 1 is 1.15 bits per heavy atom. The molecule has 17 heteroatoms. The lowest BCUT2D eigenvalue weighted by Gasteiger charge is -2.43. The number of aliphatic carboxylic acids is 1. The van der Waals surface area contributed by atoms with Gasteiger partial charge in [-0.1, -0.05) is 29.3 Å². The van der Waals surface area contributed by atoms with Crippen molar-refractivity contribution in [2.45, 2.75) is 50.2 Å². The SMILES string of the molecule is CS(=O)(=O)NC1CCC(=O)N2CCCC(C(=O)NC(CC(=O)O)C(=O)COC(=O)c3c(Cl)cccc3Cl)N2C1=O. The third-order valence-corrected chi connectivity index (χ3v) is 7.46. The predicted octanol–water partition coefficient (Wildman–Crippen LogP) is 0.125. The van der Waals surface area contributed by atoms with Gasteiger partial charge in [-0.05, 0) is 31.4 Å². The summed E-state index contributed by atoms with van der Waals surface area (Å²) in [6, 6.07) is -0.0995. The van der Waals surface area contributed by atoms with Crippen LogP contribution in [0.4, 0.5) is 0 Å². The van der Waals surface area contributed by atoms with Gasteiger partial charge in [0, 0.05) is 13.0 Å². The zero-order valence-electron chi connectivity index (χ0n) is 21.1. The molecule has 2 saturated heterocycles. The molecule has 1 aromatic rings. The number of nitrogens with one attached hydrogen (secondary N) is 2. The number of fused-ring (bicyclic) bond motifs is 1. The van der Waals surface area contributed by atoms with Gasteiger partial charge in [0.1, 0.15) is 18.1 Å². The van der Waals surface area contributed by atoms with Gasteiger partial charge < -0.3 is 15.2 Å². The Labute approximate surface area is 238 Å². The molecular formula is C23H26Cl2N4O10S. The van der Waals surface area contributed by atoms with Gasteiger partial charge in [0.2, 0.25) is 21.8 Å². The molecule has 3 N–H and O–H groups in total. The number of Topliss-reactive ketones (excluding diaryl/α,β-unsaturated/α-hetero) is 1. The minimum absolute atomic E-state index is 0.0393. The minimum atomic E-state index is -3.84. The Morgan fingerprint density at radius 3 is 2.40 bits per heavy atom. The first-order chi connectivity index (χ1) is 18.7. The van der Waals surface area contributed by atoms with Gasteiger partial charge in [-0.2, -0.15) is 0 Å². The number of hydrazine groups is 1. The second-order valence-corrected chi connectivity index (χ2v) is 11.7. The molecule has 3 unspecified atom stereocenters. The molecule has 40 heavy (non-hydrogen) atoms. The summed E-state index contributed by atoms with van der Waals surface area (Å²) in [4.78, 5) is 75.9. The fraction of sp³-hybridized carbons (Fsp3) is 0.478. The Bertz CT molecular complexity index is 1320. The van der Waals surface area contributed by atoms with Gasteiger partial charge in [-0.15, -0.1) is 0 Å². The van der Waals surface area contributed by atoms with Crippen molar-refractivity contribution in [2.75, 3.05) is 19.4 Å². The van der Waals surface area contributed by atoms with Crippen molar-refractivity contribution in [2.24, 2.45) is 0 Å². The highest BCUT2D eigenvalue weighted by molar-refractivity contribution is 7.88. The summed E-state index contributed by atoms with van der Waals surface area (Å²) in [6.45, 7) is -0.838. The van der Waals surface area contributed by atoms with Gasteiger partial charge in [0.05, 0.1) is 28.3 Å². The van der Waals surface area contributed by atoms with Crippen molar-refractivity contribution in [3.05, 3.63) is 33.8 Å². The molecule has 0 spiro atoms. The normalized spacial score (nSPS) is 20.3. The van der Waals surface area contributed by atoms with Gasteiger partial charge in [-0.3, -0.25) is 29.0 Å². The molecule has 0 bridgehead atoms. The molecule has 2 fully saturated rings. The molecule has 218 valence electrons. The Kier molecular flexibility index (Phi) is 10.1. The van der Waals surface area contributed by atoms with Gasteiger partial charge in [-0.25, -0.2) is 22.9 Å². The molecule has 14 nitrogen and oxygen atoms in total. The maximum absolute atomic E-state index is 13.3. The zero-order valence-corrected chi connectivity index (χ0v) is 23.4. The van der Waals surface area contributed by atoms with Crippen LogP contribution in [-0.2, 0) is 38.7 Å². The molecule has 3 atom stereocenters. The van der Waals surface area contributed by atoms with E-state index in [9.17, 15) is 42.3 Å². The lowest BCUT2D eigenvalue weighted by Crippen LogP contribution is -2.64. The number of rotatable bonds is 10. The first-order valence-corrected chi connectivity index (χ1v) is 14.6. The molecular weight excluding hydrogens is 595 g/mol. The van der Waals surface area contributed by atoms with Gasteiger partial charge >= 0.3 is 11.9 Å². The molecule has 0 saturated carbocycles. The van der Waals surface area contributed by atoms with E-state index in [-0.39, 0.29) is 41.4 Å². The first-order valence-electron chi connectivity index (χ1n) is 12.0. The van der Waals surface area contributed by atoms with Crippen LogP contribution >= 0.6 is 23.2 Å². The maximum atomic E-state index is 13.3. The number of sulfonamides is 1. The highest BCUT2D eigenvalue weighted by Crippen LogP contribution is 2.26. The largest absolute Gasteiger partial charge is 0.481 e. The van der Waals surface area contributed by atoms with Crippen LogP contribution in [0, 0.1) is 0 Å². The highest BCUT2D eigenvalue weighted by Gasteiger charge is 2.45. The number of hydrogen-bond acceptors (Lipinski definition) is 9. The number of carbonyl (C=O) groups is 6. The van der Waals surface area contributed by atoms with Crippen molar-refractivity contribution in [3.63, 3.8) is 0 Å². The molecule has 3 amide bonds. The number of ether oxygens (including phenoxy) is 1. The molecule has 2 heterocycles. The van der Waals surface area contributed by atoms with Crippen LogP contribution in [0.3, 0.4) is 0 Å². The molecule has 1 aromatic carbocycles. The summed E-state index contributed by atoms with van der Waals surface area (Å²) < 4.78 is 30.7. The number of carboxylic acids is 1. The van der Waals surface area contributed by atoms with Crippen molar-refractivity contribution in [1.82, 2.24) is 20.1 Å². The number of benzene rings is 1. The maximum Gasteiger partial charge on any atom is 0.341 e. The van der Waals surface area contributed by atoms with Crippen molar-refractivity contribution < 1.29 is 47.0 Å². The van der Waals surface area contributed by atoms with E-state index in [1.165, 1.54) is 18.2 Å². The van der Waals surface area contributed by atoms with Crippen molar-refractivity contribution in [1.29, 1.82) is 0 Å². The quantitative estimate of drug-likeness (QED) is 0.302. The molecule has 0 aromatic heterocycles. The van der Waals surface area contributed by atoms with Crippen molar-refractivity contribution in [3.8, 4) is 0 Å². The van der Waals surface area contributed by atoms with Crippen LogP contribution in [0.5, 0.6) is 0 Å². The Balaban J connectivity index is 1.78. The number of esters is 1.